The maximum atomic E-state index is 9.70. The minimum absolute atomic E-state index is 0.0450. The van der Waals surface area contributed by atoms with Crippen LogP contribution in [0.2, 0.25) is 0 Å². The molecule has 2 nitrogen and oxygen atoms in total. The van der Waals surface area contributed by atoms with Crippen LogP contribution in [-0.2, 0) is 4.74 Å². The lowest BCUT2D eigenvalue weighted by Gasteiger charge is -2.54. The molecule has 5 unspecified atom stereocenters. The van der Waals surface area contributed by atoms with Crippen LogP contribution in [-0.4, -0.2) is 24.4 Å². The first kappa shape index (κ1) is 11.2. The summed E-state index contributed by atoms with van der Waals surface area (Å²) in [6.45, 7) is 9.76. The van der Waals surface area contributed by atoms with Crippen molar-refractivity contribution in [3.8, 4) is 0 Å². The molecule has 2 rings (SSSR count). The van der Waals surface area contributed by atoms with Crippen molar-refractivity contribution in [2.24, 2.45) is 23.2 Å². The molecule has 5 atom stereocenters. The number of hydrogen-bond acceptors (Lipinski definition) is 2. The smallest absolute Gasteiger partial charge is 0.0615 e. The molecule has 0 saturated carbocycles. The van der Waals surface area contributed by atoms with E-state index in [-0.39, 0.29) is 12.0 Å². The Hall–Kier alpha value is -0.340. The minimum Gasteiger partial charge on any atom is -0.396 e. The Morgan fingerprint density at radius 3 is 2.73 bits per heavy atom. The zero-order valence-electron chi connectivity index (χ0n) is 10.2. The average Bonchev–Trinajstić information content (AvgIpc) is 2.17. The van der Waals surface area contributed by atoms with E-state index < -0.39 is 0 Å². The predicted octanol–water partition coefficient (Wildman–Crippen LogP) is 2.23. The van der Waals surface area contributed by atoms with Crippen molar-refractivity contribution >= 4 is 0 Å². The van der Waals surface area contributed by atoms with E-state index in [1.54, 1.807) is 0 Å². The van der Waals surface area contributed by atoms with Gasteiger partial charge in [0.1, 0.15) is 0 Å². The molecule has 1 saturated heterocycles. The highest BCUT2D eigenvalue weighted by Gasteiger charge is 2.51. The van der Waals surface area contributed by atoms with Crippen molar-refractivity contribution in [1.82, 2.24) is 0 Å². The van der Waals surface area contributed by atoms with Gasteiger partial charge >= 0.3 is 0 Å². The second-order valence-electron chi connectivity index (χ2n) is 5.42. The first-order chi connectivity index (χ1) is 7.03. The summed E-state index contributed by atoms with van der Waals surface area (Å²) >= 11 is 0. The molecule has 1 heterocycles. The maximum absolute atomic E-state index is 9.70. The molecule has 0 aromatic heterocycles. The summed E-state index contributed by atoms with van der Waals surface area (Å²) in [6, 6.07) is 0. The van der Waals surface area contributed by atoms with Gasteiger partial charge in [-0.1, -0.05) is 25.5 Å². The normalized spacial score (nSPS) is 50.1. The molecule has 0 spiro atoms. The van der Waals surface area contributed by atoms with E-state index in [2.05, 4.69) is 33.8 Å². The Kier molecular flexibility index (Phi) is 2.68. The van der Waals surface area contributed by atoms with Crippen molar-refractivity contribution < 1.29 is 9.84 Å². The fourth-order valence-electron chi connectivity index (χ4n) is 3.60. The lowest BCUT2D eigenvalue weighted by atomic mass is 9.56. The zero-order valence-corrected chi connectivity index (χ0v) is 10.2. The number of aliphatic hydroxyl groups excluding tert-OH is 1. The van der Waals surface area contributed by atoms with E-state index in [1.165, 1.54) is 5.57 Å². The summed E-state index contributed by atoms with van der Waals surface area (Å²) < 4.78 is 5.85. The lowest BCUT2D eigenvalue weighted by molar-refractivity contribution is -0.157. The molecule has 1 aliphatic carbocycles. The highest BCUT2D eigenvalue weighted by molar-refractivity contribution is 5.20. The van der Waals surface area contributed by atoms with Crippen LogP contribution < -0.4 is 0 Å². The highest BCUT2D eigenvalue weighted by atomic mass is 16.5. The van der Waals surface area contributed by atoms with Crippen LogP contribution in [0.25, 0.3) is 0 Å². The average molecular weight is 210 g/mol. The molecule has 1 N–H and O–H groups in total. The van der Waals surface area contributed by atoms with Gasteiger partial charge in [-0.15, -0.1) is 0 Å². The fraction of sp³-hybridized carbons (Fsp3) is 0.846. The second kappa shape index (κ2) is 3.60. The van der Waals surface area contributed by atoms with Crippen LogP contribution in [0.5, 0.6) is 0 Å². The summed E-state index contributed by atoms with van der Waals surface area (Å²) in [5.41, 5.74) is 1.39. The van der Waals surface area contributed by atoms with Gasteiger partial charge in [0.15, 0.2) is 0 Å². The van der Waals surface area contributed by atoms with E-state index in [1.807, 2.05) is 0 Å². The van der Waals surface area contributed by atoms with Gasteiger partial charge in [-0.3, -0.25) is 0 Å². The van der Waals surface area contributed by atoms with E-state index >= 15 is 0 Å². The van der Waals surface area contributed by atoms with Gasteiger partial charge in [-0.05, 0) is 25.7 Å². The molecule has 0 radical (unpaired) electrons. The Morgan fingerprint density at radius 2 is 2.13 bits per heavy atom. The van der Waals surface area contributed by atoms with Gasteiger partial charge in [0.2, 0.25) is 0 Å². The van der Waals surface area contributed by atoms with Crippen molar-refractivity contribution in [3.63, 3.8) is 0 Å². The van der Waals surface area contributed by atoms with E-state index in [0.717, 1.165) is 0 Å². The van der Waals surface area contributed by atoms with Gasteiger partial charge in [-0.25, -0.2) is 0 Å². The summed E-state index contributed by atoms with van der Waals surface area (Å²) in [6.07, 6.45) is 2.63. The molecule has 86 valence electrons. The third-order valence-corrected chi connectivity index (χ3v) is 4.81. The quantitative estimate of drug-likeness (QED) is 0.673. The largest absolute Gasteiger partial charge is 0.396 e. The van der Waals surface area contributed by atoms with E-state index in [0.29, 0.717) is 30.5 Å². The summed E-state index contributed by atoms with van der Waals surface area (Å²) in [4.78, 5) is 0. The zero-order chi connectivity index (χ0) is 11.2. The van der Waals surface area contributed by atoms with Crippen molar-refractivity contribution in [3.05, 3.63) is 11.6 Å². The number of fused-ring (bicyclic) bond motifs is 2. The number of allylic oxidation sites excluding steroid dienone is 1. The Balaban J connectivity index is 2.43. The molecular weight excluding hydrogens is 188 g/mol. The van der Waals surface area contributed by atoms with Gasteiger partial charge < -0.3 is 9.84 Å². The van der Waals surface area contributed by atoms with Gasteiger partial charge in [0, 0.05) is 11.3 Å². The Bertz CT molecular complexity index is 284. The Morgan fingerprint density at radius 1 is 1.47 bits per heavy atom. The molecule has 2 heteroatoms. The van der Waals surface area contributed by atoms with E-state index in [9.17, 15) is 5.11 Å². The van der Waals surface area contributed by atoms with Crippen LogP contribution in [0, 0.1) is 23.2 Å². The molecule has 2 aliphatic rings. The fourth-order valence-corrected chi connectivity index (χ4v) is 3.60. The maximum Gasteiger partial charge on any atom is 0.0615 e. The van der Waals surface area contributed by atoms with Gasteiger partial charge in [-0.2, -0.15) is 0 Å². The molecule has 1 aliphatic heterocycles. The predicted molar refractivity (Wildman–Crippen MR) is 60.5 cm³/mol. The van der Waals surface area contributed by atoms with Crippen LogP contribution in [0.15, 0.2) is 11.6 Å². The van der Waals surface area contributed by atoms with Crippen LogP contribution in [0.1, 0.15) is 27.7 Å². The van der Waals surface area contributed by atoms with Crippen LogP contribution in [0.4, 0.5) is 0 Å². The number of aliphatic hydroxyl groups is 1. The van der Waals surface area contributed by atoms with Gasteiger partial charge in [0.25, 0.3) is 0 Å². The van der Waals surface area contributed by atoms with Crippen molar-refractivity contribution in [1.29, 1.82) is 0 Å². The minimum atomic E-state index is -0.0450. The molecule has 0 aromatic rings. The summed E-state index contributed by atoms with van der Waals surface area (Å²) in [5, 5.41) is 9.70. The molecule has 1 fully saturated rings. The number of ether oxygens (including phenoxy) is 1. The number of rotatable bonds is 1. The first-order valence-electron chi connectivity index (χ1n) is 5.93. The topological polar surface area (TPSA) is 29.5 Å². The molecule has 15 heavy (non-hydrogen) atoms. The molecule has 0 amide bonds. The molecule has 2 bridgehead atoms. The summed E-state index contributed by atoms with van der Waals surface area (Å²) in [7, 11) is 0. The van der Waals surface area contributed by atoms with Crippen LogP contribution in [0.3, 0.4) is 0 Å². The standard InChI is InChI=1S/C13H22O2/c1-8-5-9(2)13(6-14)7-15-11(4)12(8)10(13)3/h5,9-12,14H,6-7H2,1-4H3. The van der Waals surface area contributed by atoms with Gasteiger partial charge in [0.05, 0.1) is 19.3 Å². The second-order valence-corrected chi connectivity index (χ2v) is 5.42. The Labute approximate surface area is 92.3 Å². The third-order valence-electron chi connectivity index (χ3n) is 4.81. The molecular formula is C13H22O2. The first-order valence-corrected chi connectivity index (χ1v) is 5.93. The third kappa shape index (κ3) is 1.38. The monoisotopic (exact) mass is 210 g/mol. The van der Waals surface area contributed by atoms with Crippen molar-refractivity contribution in [2.75, 3.05) is 13.2 Å². The molecule has 0 aromatic carbocycles. The SMILES string of the molecule is CC1=CC(C)C2(CO)COC(C)C1C2C. The highest BCUT2D eigenvalue weighted by Crippen LogP contribution is 2.51. The number of hydrogen-bond donors (Lipinski definition) is 1. The lowest BCUT2D eigenvalue weighted by Crippen LogP contribution is -2.55. The van der Waals surface area contributed by atoms with Crippen LogP contribution >= 0.6 is 0 Å². The van der Waals surface area contributed by atoms with Crippen molar-refractivity contribution in [2.45, 2.75) is 33.8 Å². The van der Waals surface area contributed by atoms with E-state index in [4.69, 9.17) is 4.74 Å². The summed E-state index contributed by atoms with van der Waals surface area (Å²) in [5.74, 6) is 1.43.